The number of fused-ring (bicyclic) bond motifs is 2. The number of nitrogens with zero attached hydrogens (tertiary/aromatic N) is 1. The summed E-state index contributed by atoms with van der Waals surface area (Å²) in [5, 5.41) is 11.3. The summed E-state index contributed by atoms with van der Waals surface area (Å²) in [5.41, 5.74) is 1.10. The lowest BCUT2D eigenvalue weighted by Crippen LogP contribution is -2.49. The fourth-order valence-electron chi connectivity index (χ4n) is 4.95. The maximum atomic E-state index is 13.3. The van der Waals surface area contributed by atoms with Crippen LogP contribution in [-0.4, -0.2) is 49.5 Å². The number of methoxy groups -OCH3 is 2. The zero-order valence-corrected chi connectivity index (χ0v) is 17.6. The molecule has 2 saturated heterocycles. The predicted molar refractivity (Wildman–Crippen MR) is 112 cm³/mol. The Kier molecular flexibility index (Phi) is 6.27. The Morgan fingerprint density at radius 1 is 1.00 bits per heavy atom. The van der Waals surface area contributed by atoms with Gasteiger partial charge in [0.25, 0.3) is 0 Å². The van der Waals surface area contributed by atoms with Crippen LogP contribution in [0.25, 0.3) is 0 Å². The molecule has 2 heterocycles. The van der Waals surface area contributed by atoms with Gasteiger partial charge in [-0.05, 0) is 61.1 Å². The molecular formula is C24H30FNO4. The van der Waals surface area contributed by atoms with E-state index >= 15 is 0 Å². The summed E-state index contributed by atoms with van der Waals surface area (Å²) in [6, 6.07) is 13.0. The molecule has 2 aliphatic rings. The molecule has 0 radical (unpaired) electrons. The van der Waals surface area contributed by atoms with E-state index in [1.165, 1.54) is 12.1 Å². The van der Waals surface area contributed by atoms with Crippen molar-refractivity contribution in [1.29, 1.82) is 0 Å². The fraction of sp³-hybridized carbons (Fsp3) is 0.500. The van der Waals surface area contributed by atoms with E-state index in [1.54, 1.807) is 26.4 Å². The standard InChI is InChI=1S/C24H30FNO4/c1-28-11-12-30-22-10-3-17(13-23(22)29-2)16-26-20-8-9-21(26)15-24(27,14-20)18-4-6-19(25)7-5-18/h3-7,10,13,20-21,27H,8-9,11-12,14-16H2,1-2H3. The van der Waals surface area contributed by atoms with Crippen molar-refractivity contribution in [1.82, 2.24) is 4.90 Å². The highest BCUT2D eigenvalue weighted by molar-refractivity contribution is 5.43. The molecule has 2 atom stereocenters. The van der Waals surface area contributed by atoms with Crippen LogP contribution in [0.1, 0.15) is 36.8 Å². The van der Waals surface area contributed by atoms with E-state index < -0.39 is 5.60 Å². The van der Waals surface area contributed by atoms with Gasteiger partial charge in [-0.15, -0.1) is 0 Å². The average molecular weight is 416 g/mol. The molecule has 30 heavy (non-hydrogen) atoms. The molecule has 2 fully saturated rings. The number of aliphatic hydroxyl groups is 1. The van der Waals surface area contributed by atoms with Crippen LogP contribution < -0.4 is 9.47 Å². The van der Waals surface area contributed by atoms with Gasteiger partial charge in [-0.1, -0.05) is 18.2 Å². The molecule has 0 aliphatic carbocycles. The first-order valence-corrected chi connectivity index (χ1v) is 10.6. The second-order valence-electron chi connectivity index (χ2n) is 8.33. The summed E-state index contributed by atoms with van der Waals surface area (Å²) in [4.78, 5) is 2.50. The molecule has 0 aromatic heterocycles. The van der Waals surface area contributed by atoms with Gasteiger partial charge >= 0.3 is 0 Å². The molecule has 2 aromatic rings. The summed E-state index contributed by atoms with van der Waals surface area (Å²) in [7, 11) is 3.30. The third kappa shape index (κ3) is 4.31. The Morgan fingerprint density at radius 3 is 2.33 bits per heavy atom. The maximum Gasteiger partial charge on any atom is 0.161 e. The zero-order chi connectivity index (χ0) is 21.1. The van der Waals surface area contributed by atoms with Gasteiger partial charge in [0, 0.05) is 25.7 Å². The molecule has 2 aliphatic heterocycles. The first-order valence-electron chi connectivity index (χ1n) is 10.6. The van der Waals surface area contributed by atoms with Crippen molar-refractivity contribution >= 4 is 0 Å². The van der Waals surface area contributed by atoms with Crippen LogP contribution in [0.15, 0.2) is 42.5 Å². The van der Waals surface area contributed by atoms with Crippen molar-refractivity contribution in [3.05, 3.63) is 59.4 Å². The highest BCUT2D eigenvalue weighted by Crippen LogP contribution is 2.46. The van der Waals surface area contributed by atoms with Crippen LogP contribution in [0.4, 0.5) is 4.39 Å². The largest absolute Gasteiger partial charge is 0.493 e. The molecule has 6 heteroatoms. The maximum absolute atomic E-state index is 13.3. The van der Waals surface area contributed by atoms with Crippen LogP contribution in [0.5, 0.6) is 11.5 Å². The van der Waals surface area contributed by atoms with Crippen molar-refractivity contribution in [3.8, 4) is 11.5 Å². The van der Waals surface area contributed by atoms with Crippen molar-refractivity contribution < 1.29 is 23.7 Å². The Bertz CT molecular complexity index is 843. The SMILES string of the molecule is COCCOc1ccc(CN2C3CCC2CC(O)(c2ccc(F)cc2)C3)cc1OC. The van der Waals surface area contributed by atoms with Gasteiger partial charge in [0.2, 0.25) is 0 Å². The number of benzene rings is 2. The Hall–Kier alpha value is -2.15. The number of ether oxygens (including phenoxy) is 3. The number of halogens is 1. The van der Waals surface area contributed by atoms with E-state index in [2.05, 4.69) is 11.0 Å². The van der Waals surface area contributed by atoms with E-state index in [4.69, 9.17) is 14.2 Å². The second-order valence-corrected chi connectivity index (χ2v) is 8.33. The summed E-state index contributed by atoms with van der Waals surface area (Å²) in [6.07, 6.45) is 3.49. The number of rotatable bonds is 8. The fourth-order valence-corrected chi connectivity index (χ4v) is 4.95. The summed E-state index contributed by atoms with van der Waals surface area (Å²) in [6.45, 7) is 1.81. The average Bonchev–Trinajstić information content (AvgIpc) is 2.99. The first-order chi connectivity index (χ1) is 14.5. The first kappa shape index (κ1) is 21.1. The quantitative estimate of drug-likeness (QED) is 0.664. The van der Waals surface area contributed by atoms with E-state index in [-0.39, 0.29) is 5.82 Å². The molecule has 0 spiro atoms. The molecule has 5 nitrogen and oxygen atoms in total. The normalized spacial score (nSPS) is 26.0. The predicted octanol–water partition coefficient (Wildman–Crippen LogP) is 3.87. The summed E-state index contributed by atoms with van der Waals surface area (Å²) < 4.78 is 29.6. The van der Waals surface area contributed by atoms with Gasteiger partial charge in [-0.25, -0.2) is 4.39 Å². The van der Waals surface area contributed by atoms with Crippen LogP contribution in [0.2, 0.25) is 0 Å². The molecule has 2 unspecified atom stereocenters. The Labute approximate surface area is 177 Å². The molecule has 0 amide bonds. The van der Waals surface area contributed by atoms with Gasteiger partial charge in [-0.3, -0.25) is 4.90 Å². The molecule has 2 bridgehead atoms. The number of hydrogen-bond donors (Lipinski definition) is 1. The van der Waals surface area contributed by atoms with Crippen molar-refractivity contribution in [2.24, 2.45) is 0 Å². The van der Waals surface area contributed by atoms with E-state index in [9.17, 15) is 9.50 Å². The van der Waals surface area contributed by atoms with Gasteiger partial charge in [0.1, 0.15) is 12.4 Å². The summed E-state index contributed by atoms with van der Waals surface area (Å²) in [5.74, 6) is 1.16. The Balaban J connectivity index is 1.46. The van der Waals surface area contributed by atoms with Crippen LogP contribution >= 0.6 is 0 Å². The zero-order valence-electron chi connectivity index (χ0n) is 17.6. The van der Waals surface area contributed by atoms with Crippen LogP contribution in [0.3, 0.4) is 0 Å². The van der Waals surface area contributed by atoms with E-state index in [0.29, 0.717) is 43.9 Å². The van der Waals surface area contributed by atoms with Crippen LogP contribution in [-0.2, 0) is 16.9 Å². The summed E-state index contributed by atoms with van der Waals surface area (Å²) >= 11 is 0. The smallest absolute Gasteiger partial charge is 0.161 e. The molecule has 4 rings (SSSR count). The minimum absolute atomic E-state index is 0.272. The van der Waals surface area contributed by atoms with Gasteiger partial charge in [0.05, 0.1) is 19.3 Å². The molecule has 0 saturated carbocycles. The molecular weight excluding hydrogens is 385 g/mol. The van der Waals surface area contributed by atoms with Crippen LogP contribution in [0, 0.1) is 5.82 Å². The molecule has 2 aromatic carbocycles. The highest BCUT2D eigenvalue weighted by Gasteiger charge is 2.48. The van der Waals surface area contributed by atoms with E-state index in [0.717, 1.165) is 36.3 Å². The third-order valence-corrected chi connectivity index (χ3v) is 6.44. The van der Waals surface area contributed by atoms with Gasteiger partial charge in [-0.2, -0.15) is 0 Å². The lowest BCUT2D eigenvalue weighted by molar-refractivity contribution is -0.0595. The lowest BCUT2D eigenvalue weighted by Gasteiger charge is -2.44. The lowest BCUT2D eigenvalue weighted by atomic mass is 9.80. The monoisotopic (exact) mass is 415 g/mol. The van der Waals surface area contributed by atoms with Crippen molar-refractivity contribution in [2.45, 2.75) is 49.9 Å². The minimum Gasteiger partial charge on any atom is -0.493 e. The van der Waals surface area contributed by atoms with Gasteiger partial charge in [0.15, 0.2) is 11.5 Å². The Morgan fingerprint density at radius 2 is 1.70 bits per heavy atom. The third-order valence-electron chi connectivity index (χ3n) is 6.44. The van der Waals surface area contributed by atoms with E-state index in [1.807, 2.05) is 12.1 Å². The number of hydrogen-bond acceptors (Lipinski definition) is 5. The molecule has 1 N–H and O–H groups in total. The van der Waals surface area contributed by atoms with Crippen molar-refractivity contribution in [2.75, 3.05) is 27.4 Å². The second kappa shape index (κ2) is 8.92. The minimum atomic E-state index is -0.882. The van der Waals surface area contributed by atoms with Crippen molar-refractivity contribution in [3.63, 3.8) is 0 Å². The number of piperidine rings is 1. The molecule has 162 valence electrons. The highest BCUT2D eigenvalue weighted by atomic mass is 19.1. The topological polar surface area (TPSA) is 51.2 Å². The van der Waals surface area contributed by atoms with Gasteiger partial charge < -0.3 is 19.3 Å².